The number of thioether (sulfide) groups is 1. The molecule has 0 atom stereocenters. The first kappa shape index (κ1) is 19.1. The molecule has 7 heteroatoms. The number of nitrogens with two attached hydrogens (primary N) is 1. The largest absolute Gasteiger partial charge is 0.369 e. The summed E-state index contributed by atoms with van der Waals surface area (Å²) in [4.78, 5) is 29.4. The van der Waals surface area contributed by atoms with Gasteiger partial charge in [-0.1, -0.05) is 53.4 Å². The summed E-state index contributed by atoms with van der Waals surface area (Å²) in [5.74, 6) is 2.16. The van der Waals surface area contributed by atoms with Crippen molar-refractivity contribution in [2.75, 3.05) is 11.1 Å². The number of amides is 2. The number of hydrogen-bond acceptors (Lipinski definition) is 5. The zero-order chi connectivity index (χ0) is 20.0. The minimum atomic E-state index is -0.370. The molecular weight excluding hydrogens is 402 g/mol. The fraction of sp³-hybridized carbons (Fsp3) is 0.500. The first-order valence-electron chi connectivity index (χ1n) is 10.3. The Morgan fingerprint density at radius 2 is 1.72 bits per heavy atom. The lowest BCUT2D eigenvalue weighted by atomic mass is 9.49. The molecule has 3 N–H and O–H groups in total. The number of carbonyl (C=O) groups is 2. The number of nitrogens with zero attached hydrogens (tertiary/aromatic N) is 1. The summed E-state index contributed by atoms with van der Waals surface area (Å²) >= 11 is 2.77. The first-order chi connectivity index (χ1) is 14.0. The highest BCUT2D eigenvalue weighted by Gasteiger charge is 2.54. The topological polar surface area (TPSA) is 85.1 Å². The molecule has 4 fully saturated rings. The number of aromatic nitrogens is 1. The van der Waals surface area contributed by atoms with Gasteiger partial charge in [0.15, 0.2) is 4.34 Å². The SMILES string of the molecule is NC(=O)CSc1nc(-c2ccccc2)c(NC(=O)C23CC4CC(CC(C4)C2)C3)s1. The highest BCUT2D eigenvalue weighted by atomic mass is 32.2. The van der Waals surface area contributed by atoms with Gasteiger partial charge in [0.1, 0.15) is 10.7 Å². The van der Waals surface area contributed by atoms with E-state index in [-0.39, 0.29) is 23.0 Å². The van der Waals surface area contributed by atoms with Crippen LogP contribution in [-0.4, -0.2) is 22.6 Å². The van der Waals surface area contributed by atoms with Gasteiger partial charge in [-0.3, -0.25) is 9.59 Å². The normalized spacial score (nSPS) is 29.7. The maximum absolute atomic E-state index is 13.5. The maximum atomic E-state index is 13.5. The zero-order valence-corrected chi connectivity index (χ0v) is 17.9. The van der Waals surface area contributed by atoms with Gasteiger partial charge in [-0.15, -0.1) is 0 Å². The highest BCUT2D eigenvalue weighted by molar-refractivity contribution is 8.01. The molecule has 0 spiro atoms. The predicted molar refractivity (Wildman–Crippen MR) is 117 cm³/mol. The van der Waals surface area contributed by atoms with Crippen LogP contribution in [0.1, 0.15) is 38.5 Å². The van der Waals surface area contributed by atoms with Gasteiger partial charge in [0.05, 0.1) is 11.2 Å². The van der Waals surface area contributed by atoms with E-state index in [4.69, 9.17) is 10.7 Å². The smallest absolute Gasteiger partial charge is 0.231 e. The molecule has 4 saturated carbocycles. The number of primary amides is 1. The van der Waals surface area contributed by atoms with Gasteiger partial charge in [0.25, 0.3) is 0 Å². The van der Waals surface area contributed by atoms with E-state index < -0.39 is 0 Å². The predicted octanol–water partition coefficient (Wildman–Crippen LogP) is 4.54. The molecular formula is C22H25N3O2S2. The summed E-state index contributed by atoms with van der Waals surface area (Å²) in [5, 5.41) is 4.04. The van der Waals surface area contributed by atoms with E-state index >= 15 is 0 Å². The van der Waals surface area contributed by atoms with Crippen molar-refractivity contribution in [2.45, 2.75) is 42.9 Å². The summed E-state index contributed by atoms with van der Waals surface area (Å²) in [6.07, 6.45) is 7.05. The van der Waals surface area contributed by atoms with E-state index in [0.29, 0.717) is 0 Å². The van der Waals surface area contributed by atoms with E-state index in [9.17, 15) is 9.59 Å². The Kier molecular flexibility index (Phi) is 4.90. The summed E-state index contributed by atoms with van der Waals surface area (Å²) in [6.45, 7) is 0. The van der Waals surface area contributed by atoms with Crippen molar-refractivity contribution in [3.8, 4) is 11.3 Å². The van der Waals surface area contributed by atoms with E-state index in [1.807, 2.05) is 30.3 Å². The summed E-state index contributed by atoms with van der Waals surface area (Å²) in [7, 11) is 0. The molecule has 4 bridgehead atoms. The molecule has 1 aromatic heterocycles. The Morgan fingerprint density at radius 3 is 2.31 bits per heavy atom. The number of hydrogen-bond donors (Lipinski definition) is 2. The van der Waals surface area contributed by atoms with Crippen LogP contribution in [-0.2, 0) is 9.59 Å². The summed E-state index contributed by atoms with van der Waals surface area (Å²) < 4.78 is 0.753. The van der Waals surface area contributed by atoms with Crippen molar-refractivity contribution in [3.63, 3.8) is 0 Å². The van der Waals surface area contributed by atoms with Crippen LogP contribution in [0.4, 0.5) is 5.00 Å². The van der Waals surface area contributed by atoms with Crippen molar-refractivity contribution in [1.29, 1.82) is 0 Å². The van der Waals surface area contributed by atoms with E-state index in [2.05, 4.69) is 5.32 Å². The molecule has 5 nitrogen and oxygen atoms in total. The Hall–Kier alpha value is -1.86. The van der Waals surface area contributed by atoms with Crippen LogP contribution in [0.15, 0.2) is 34.7 Å². The molecule has 2 amide bonds. The molecule has 29 heavy (non-hydrogen) atoms. The van der Waals surface area contributed by atoms with Crippen molar-refractivity contribution in [2.24, 2.45) is 28.9 Å². The van der Waals surface area contributed by atoms with Gasteiger partial charge in [-0.05, 0) is 56.3 Å². The third kappa shape index (κ3) is 3.70. The molecule has 1 aromatic carbocycles. The van der Waals surface area contributed by atoms with Gasteiger partial charge in [0, 0.05) is 5.56 Å². The monoisotopic (exact) mass is 427 g/mol. The molecule has 0 saturated heterocycles. The molecule has 152 valence electrons. The molecule has 6 rings (SSSR count). The van der Waals surface area contributed by atoms with Crippen LogP contribution in [0.3, 0.4) is 0 Å². The van der Waals surface area contributed by atoms with E-state index in [1.165, 1.54) is 42.4 Å². The van der Waals surface area contributed by atoms with Gasteiger partial charge in [-0.25, -0.2) is 4.98 Å². The molecule has 1 heterocycles. The highest BCUT2D eigenvalue weighted by Crippen LogP contribution is 2.60. The minimum Gasteiger partial charge on any atom is -0.369 e. The average molecular weight is 428 g/mol. The molecule has 4 aliphatic carbocycles. The molecule has 0 unspecified atom stereocenters. The van der Waals surface area contributed by atoms with Crippen molar-refractivity contribution >= 4 is 39.9 Å². The Labute approximate surface area is 178 Å². The third-order valence-electron chi connectivity index (χ3n) is 6.74. The van der Waals surface area contributed by atoms with E-state index in [1.54, 1.807) is 0 Å². The van der Waals surface area contributed by atoms with Crippen LogP contribution < -0.4 is 11.1 Å². The lowest BCUT2D eigenvalue weighted by Gasteiger charge is -2.55. The Bertz CT molecular complexity index is 906. The number of carbonyl (C=O) groups excluding carboxylic acids is 2. The van der Waals surface area contributed by atoms with Crippen LogP contribution in [0.2, 0.25) is 0 Å². The Balaban J connectivity index is 1.42. The van der Waals surface area contributed by atoms with Crippen molar-refractivity contribution < 1.29 is 9.59 Å². The quantitative estimate of drug-likeness (QED) is 0.663. The number of nitrogens with one attached hydrogen (secondary N) is 1. The fourth-order valence-corrected chi connectivity index (χ4v) is 7.80. The molecule has 2 aromatic rings. The minimum absolute atomic E-state index is 0.170. The number of rotatable bonds is 6. The van der Waals surface area contributed by atoms with Crippen LogP contribution in [0.25, 0.3) is 11.3 Å². The second kappa shape index (κ2) is 7.43. The number of benzene rings is 1. The van der Waals surface area contributed by atoms with E-state index in [0.717, 1.165) is 57.6 Å². The fourth-order valence-electron chi connectivity index (χ4n) is 6.00. The van der Waals surface area contributed by atoms with Crippen molar-refractivity contribution in [1.82, 2.24) is 4.98 Å². The lowest BCUT2D eigenvalue weighted by molar-refractivity contribution is -0.140. The lowest BCUT2D eigenvalue weighted by Crippen LogP contribution is -2.51. The number of anilines is 1. The van der Waals surface area contributed by atoms with Gasteiger partial charge < -0.3 is 11.1 Å². The van der Waals surface area contributed by atoms with Crippen LogP contribution in [0.5, 0.6) is 0 Å². The second-order valence-corrected chi connectivity index (χ2v) is 11.2. The molecule has 0 aliphatic heterocycles. The zero-order valence-electron chi connectivity index (χ0n) is 16.2. The number of thiazole rings is 1. The average Bonchev–Trinajstić information content (AvgIpc) is 3.09. The van der Waals surface area contributed by atoms with Gasteiger partial charge in [-0.2, -0.15) is 0 Å². The summed E-state index contributed by atoms with van der Waals surface area (Å²) in [6, 6.07) is 9.90. The third-order valence-corrected chi connectivity index (χ3v) is 8.88. The second-order valence-electron chi connectivity index (χ2n) is 8.93. The Morgan fingerprint density at radius 1 is 1.10 bits per heavy atom. The molecule has 0 radical (unpaired) electrons. The van der Waals surface area contributed by atoms with Gasteiger partial charge in [0.2, 0.25) is 11.8 Å². The van der Waals surface area contributed by atoms with Crippen LogP contribution in [0, 0.1) is 23.2 Å². The summed E-state index contributed by atoms with van der Waals surface area (Å²) in [5.41, 5.74) is 6.84. The molecule has 4 aliphatic rings. The first-order valence-corrected chi connectivity index (χ1v) is 12.1. The van der Waals surface area contributed by atoms with Crippen molar-refractivity contribution in [3.05, 3.63) is 30.3 Å². The van der Waals surface area contributed by atoms with Gasteiger partial charge >= 0.3 is 0 Å². The standard InChI is InChI=1S/C22H25N3O2S2/c23-17(26)12-28-21-24-18(16-4-2-1-3-5-16)19(29-21)25-20(27)22-9-13-6-14(10-22)8-15(7-13)11-22/h1-5,13-15H,6-12H2,(H2,23,26)(H,25,27). The maximum Gasteiger partial charge on any atom is 0.231 e. The van der Waals surface area contributed by atoms with Crippen LogP contribution >= 0.6 is 23.1 Å².